The van der Waals surface area contributed by atoms with Crippen LogP contribution in [0.25, 0.3) is 44.4 Å². The summed E-state index contributed by atoms with van der Waals surface area (Å²) >= 11 is 0. The molecule has 7 aromatic rings. The summed E-state index contributed by atoms with van der Waals surface area (Å²) in [6.07, 6.45) is 7.19. The van der Waals surface area contributed by atoms with E-state index in [2.05, 4.69) is 126 Å². The molecular weight excluding hydrogens is 820 g/mol. The van der Waals surface area contributed by atoms with E-state index in [0.717, 1.165) is 57.7 Å². The number of benzene rings is 4. The molecule has 0 N–H and O–H groups in total. The summed E-state index contributed by atoms with van der Waals surface area (Å²) in [6.45, 7) is 15.8. The zero-order valence-corrected chi connectivity index (χ0v) is 33.6. The monoisotopic (exact) mass is 867 g/mol. The fourth-order valence-electron chi connectivity index (χ4n) is 7.25. The van der Waals surface area contributed by atoms with Crippen LogP contribution in [0.15, 0.2) is 97.2 Å². The van der Waals surface area contributed by atoms with E-state index in [9.17, 15) is 0 Å². The van der Waals surface area contributed by atoms with Crippen LogP contribution in [0.1, 0.15) is 89.2 Å². The molecule has 0 amide bonds. The third-order valence-corrected chi connectivity index (χ3v) is 9.92. The Morgan fingerprint density at radius 1 is 0.827 bits per heavy atom. The molecule has 0 radical (unpaired) electrons. The Bertz CT molecular complexity index is 2310. The molecule has 3 heterocycles. The summed E-state index contributed by atoms with van der Waals surface area (Å²) in [7, 11) is 0. The van der Waals surface area contributed by atoms with Gasteiger partial charge in [-0.15, -0.1) is 35.7 Å². The minimum absolute atomic E-state index is 0. The van der Waals surface area contributed by atoms with Crippen LogP contribution in [0.4, 0.5) is 0 Å². The Kier molecular flexibility index (Phi) is 11.2. The van der Waals surface area contributed by atoms with Crippen molar-refractivity contribution in [3.63, 3.8) is 0 Å². The van der Waals surface area contributed by atoms with Crippen molar-refractivity contribution >= 4 is 21.8 Å². The van der Waals surface area contributed by atoms with Crippen molar-refractivity contribution in [2.24, 2.45) is 5.41 Å². The Labute approximate surface area is 323 Å². The summed E-state index contributed by atoms with van der Waals surface area (Å²) in [5, 5.41) is 7.41. The largest absolute Gasteiger partial charge is 2.00 e. The van der Waals surface area contributed by atoms with Crippen LogP contribution in [0.2, 0.25) is 0 Å². The van der Waals surface area contributed by atoms with Gasteiger partial charge in [-0.1, -0.05) is 95.9 Å². The van der Waals surface area contributed by atoms with Crippen LogP contribution in [0.5, 0.6) is 11.5 Å². The van der Waals surface area contributed by atoms with Crippen molar-refractivity contribution in [3.05, 3.63) is 132 Å². The van der Waals surface area contributed by atoms with Crippen molar-refractivity contribution < 1.29 is 25.8 Å². The van der Waals surface area contributed by atoms with Gasteiger partial charge in [-0.3, -0.25) is 4.68 Å². The predicted octanol–water partition coefficient (Wildman–Crippen LogP) is 12.2. The van der Waals surface area contributed by atoms with Gasteiger partial charge in [0.2, 0.25) is 0 Å². The average Bonchev–Trinajstić information content (AvgIpc) is 3.66. The molecule has 1 unspecified atom stereocenters. The molecule has 6 heteroatoms. The van der Waals surface area contributed by atoms with Gasteiger partial charge in [0.15, 0.2) is 0 Å². The second-order valence-electron chi connectivity index (χ2n) is 15.0. The first kappa shape index (κ1) is 37.3. The first-order valence-electron chi connectivity index (χ1n) is 18.4. The molecule has 0 fully saturated rings. The molecule has 3 aromatic heterocycles. The summed E-state index contributed by atoms with van der Waals surface area (Å²) in [4.78, 5) is 4.80. The molecule has 4 aromatic carbocycles. The number of ether oxygens (including phenoxy) is 1. The van der Waals surface area contributed by atoms with E-state index in [0.29, 0.717) is 22.8 Å². The number of rotatable bonds is 11. The number of fused-ring (bicyclic) bond motifs is 3. The van der Waals surface area contributed by atoms with Gasteiger partial charge in [0.1, 0.15) is 5.82 Å². The maximum atomic E-state index is 6.53. The van der Waals surface area contributed by atoms with Crippen molar-refractivity contribution in [2.45, 2.75) is 86.5 Å². The number of pyridine rings is 1. The number of hydrogen-bond donors (Lipinski definition) is 0. The molecule has 0 saturated heterocycles. The van der Waals surface area contributed by atoms with E-state index < -0.39 is 0 Å². The molecule has 0 bridgehead atoms. The van der Waals surface area contributed by atoms with Gasteiger partial charge in [0.25, 0.3) is 0 Å². The molecule has 0 saturated carbocycles. The van der Waals surface area contributed by atoms with Crippen molar-refractivity contribution in [2.75, 3.05) is 0 Å². The number of nitrogens with zero attached hydrogens (tertiary/aromatic N) is 4. The zero-order valence-electron chi connectivity index (χ0n) is 31.4. The SMILES string of the molecule is CCc1nn(-c2[c-]c(Oc3[c-]c4c(cc3)c3cc(C(C)CCCC(C)(C)C)ccc3n4-c3cc(C)ccn3)ccc2)c(CC)c1-c1ccccc1.[Pt+2]. The molecule has 0 aliphatic rings. The van der Waals surface area contributed by atoms with Crippen LogP contribution in [-0.4, -0.2) is 19.3 Å². The predicted molar refractivity (Wildman–Crippen MR) is 211 cm³/mol. The van der Waals surface area contributed by atoms with Crippen LogP contribution >= 0.6 is 0 Å². The Morgan fingerprint density at radius 3 is 2.35 bits per heavy atom. The molecular formula is C46H48N4OPt. The summed E-state index contributed by atoms with van der Waals surface area (Å²) in [6, 6.07) is 39.0. The van der Waals surface area contributed by atoms with Gasteiger partial charge in [-0.25, -0.2) is 4.98 Å². The zero-order chi connectivity index (χ0) is 35.7. The first-order valence-corrected chi connectivity index (χ1v) is 18.4. The molecule has 1 atom stereocenters. The summed E-state index contributed by atoms with van der Waals surface area (Å²) in [5.74, 6) is 2.58. The number of aryl methyl sites for hydroxylation is 2. The van der Waals surface area contributed by atoms with Gasteiger partial charge >= 0.3 is 21.1 Å². The molecule has 7 rings (SSSR count). The molecule has 0 spiro atoms. The number of hydrogen-bond acceptors (Lipinski definition) is 3. The van der Waals surface area contributed by atoms with Crippen molar-refractivity contribution in [3.8, 4) is 34.1 Å². The molecule has 52 heavy (non-hydrogen) atoms. The van der Waals surface area contributed by atoms with E-state index in [4.69, 9.17) is 14.8 Å². The average molecular weight is 868 g/mol. The minimum atomic E-state index is 0. The third kappa shape index (κ3) is 7.66. The van der Waals surface area contributed by atoms with Crippen LogP contribution in [0, 0.1) is 24.5 Å². The molecule has 268 valence electrons. The van der Waals surface area contributed by atoms with Gasteiger partial charge in [-0.05, 0) is 89.9 Å². The van der Waals surface area contributed by atoms with Gasteiger partial charge in [0.05, 0.1) is 5.69 Å². The molecule has 0 aliphatic heterocycles. The fraction of sp³-hybridized carbons (Fsp3) is 0.304. The van der Waals surface area contributed by atoms with Crippen LogP contribution in [0.3, 0.4) is 0 Å². The van der Waals surface area contributed by atoms with Gasteiger partial charge < -0.3 is 9.30 Å². The maximum Gasteiger partial charge on any atom is 2.00 e. The van der Waals surface area contributed by atoms with Crippen molar-refractivity contribution in [1.29, 1.82) is 0 Å². The smallest absolute Gasteiger partial charge is 0.509 e. The van der Waals surface area contributed by atoms with E-state index in [1.807, 2.05) is 41.2 Å². The number of aromatic nitrogens is 4. The Morgan fingerprint density at radius 2 is 1.62 bits per heavy atom. The second kappa shape index (κ2) is 15.6. The van der Waals surface area contributed by atoms with E-state index in [1.165, 1.54) is 41.3 Å². The third-order valence-electron chi connectivity index (χ3n) is 9.92. The standard InChI is InChI=1S/C46H48N4O.Pt/c1-8-40-45(33-16-11-10-12-17-33)41(9-2)50(48-40)35-18-13-19-36(29-35)51-37-21-22-38-39-28-34(32(4)15-14-25-46(5,6)7)20-23-42(39)49(43(38)30-37)44-27-31(3)24-26-47-44;/h10-13,16-24,26-28,32H,8-9,14-15,25H2,1-7H3;/q-2;+2. The second-order valence-corrected chi connectivity index (χ2v) is 15.0. The molecule has 5 nitrogen and oxygen atoms in total. The van der Waals surface area contributed by atoms with E-state index in [1.54, 1.807) is 0 Å². The Hall–Kier alpha value is -4.47. The van der Waals surface area contributed by atoms with Crippen LogP contribution < -0.4 is 4.74 Å². The van der Waals surface area contributed by atoms with Crippen LogP contribution in [-0.2, 0) is 33.9 Å². The maximum absolute atomic E-state index is 6.53. The van der Waals surface area contributed by atoms with E-state index in [-0.39, 0.29) is 21.1 Å². The van der Waals surface area contributed by atoms with Crippen molar-refractivity contribution in [1.82, 2.24) is 19.3 Å². The van der Waals surface area contributed by atoms with Gasteiger partial charge in [-0.2, -0.15) is 17.2 Å². The van der Waals surface area contributed by atoms with Gasteiger partial charge in [0, 0.05) is 34.5 Å². The first-order chi connectivity index (χ1) is 24.6. The topological polar surface area (TPSA) is 44.9 Å². The fourth-order valence-corrected chi connectivity index (χ4v) is 7.25. The quantitative estimate of drug-likeness (QED) is 0.122. The molecule has 0 aliphatic carbocycles. The summed E-state index contributed by atoms with van der Waals surface area (Å²) in [5.41, 5.74) is 10.4. The minimum Gasteiger partial charge on any atom is -0.509 e. The normalized spacial score (nSPS) is 12.3. The van der Waals surface area contributed by atoms with E-state index >= 15 is 0 Å². The summed E-state index contributed by atoms with van der Waals surface area (Å²) < 4.78 is 10.8. The Balaban J connectivity index is 0.00000464.